The van der Waals surface area contributed by atoms with E-state index in [1.165, 1.54) is 12.1 Å². The second kappa shape index (κ2) is 6.18. The van der Waals surface area contributed by atoms with Crippen LogP contribution in [-0.4, -0.2) is 17.7 Å². The summed E-state index contributed by atoms with van der Waals surface area (Å²) in [5.41, 5.74) is 1.70. The van der Waals surface area contributed by atoms with Gasteiger partial charge < -0.3 is 9.84 Å². The van der Waals surface area contributed by atoms with Gasteiger partial charge in [0.1, 0.15) is 5.75 Å². The fraction of sp³-hybridized carbons (Fsp3) is 0.417. The highest BCUT2D eigenvalue weighted by atomic mass is 19.3. The van der Waals surface area contributed by atoms with Crippen molar-refractivity contribution in [2.75, 3.05) is 0 Å². The minimum atomic E-state index is -2.84. The maximum atomic E-state index is 12.0. The van der Waals surface area contributed by atoms with Crippen molar-refractivity contribution < 1.29 is 23.4 Å². The third-order valence-electron chi connectivity index (χ3n) is 2.39. The molecule has 0 spiro atoms. The van der Waals surface area contributed by atoms with Crippen LogP contribution in [0.3, 0.4) is 0 Å². The molecule has 0 amide bonds. The standard InChI is InChI=1S/C12H14F2O3/c1-2-8-7-10(17-12(13)14)5-3-9(8)4-6-11(15)16/h3,5,7,12H,2,4,6H2,1H3,(H,15,16). The first-order chi connectivity index (χ1) is 8.02. The lowest BCUT2D eigenvalue weighted by Crippen LogP contribution is -2.04. The van der Waals surface area contributed by atoms with Gasteiger partial charge in [0.15, 0.2) is 0 Å². The average Bonchev–Trinajstić information content (AvgIpc) is 2.26. The van der Waals surface area contributed by atoms with Gasteiger partial charge in [-0.15, -0.1) is 0 Å². The molecule has 1 aromatic rings. The number of hydrogen-bond acceptors (Lipinski definition) is 2. The zero-order valence-corrected chi connectivity index (χ0v) is 9.45. The van der Waals surface area contributed by atoms with Crippen LogP contribution in [0, 0.1) is 0 Å². The molecule has 1 N–H and O–H groups in total. The van der Waals surface area contributed by atoms with Crippen LogP contribution in [0.1, 0.15) is 24.5 Å². The molecule has 3 nitrogen and oxygen atoms in total. The zero-order chi connectivity index (χ0) is 12.8. The molecule has 5 heteroatoms. The summed E-state index contributed by atoms with van der Waals surface area (Å²) < 4.78 is 28.3. The Morgan fingerprint density at radius 2 is 2.12 bits per heavy atom. The molecule has 0 heterocycles. The minimum absolute atomic E-state index is 0.0298. The van der Waals surface area contributed by atoms with Crippen LogP contribution in [0.2, 0.25) is 0 Å². The van der Waals surface area contributed by atoms with Crippen molar-refractivity contribution in [3.8, 4) is 5.75 Å². The van der Waals surface area contributed by atoms with E-state index in [1.807, 2.05) is 6.92 Å². The van der Waals surface area contributed by atoms with Gasteiger partial charge in [-0.1, -0.05) is 13.0 Å². The Morgan fingerprint density at radius 3 is 2.65 bits per heavy atom. The van der Waals surface area contributed by atoms with Gasteiger partial charge in [0.05, 0.1) is 0 Å². The van der Waals surface area contributed by atoms with E-state index in [9.17, 15) is 13.6 Å². The van der Waals surface area contributed by atoms with E-state index in [-0.39, 0.29) is 12.2 Å². The van der Waals surface area contributed by atoms with Crippen LogP contribution < -0.4 is 4.74 Å². The van der Waals surface area contributed by atoms with E-state index in [0.29, 0.717) is 12.8 Å². The van der Waals surface area contributed by atoms with Gasteiger partial charge in [0, 0.05) is 6.42 Å². The maximum absolute atomic E-state index is 12.0. The van der Waals surface area contributed by atoms with E-state index in [0.717, 1.165) is 11.1 Å². The van der Waals surface area contributed by atoms with Crippen molar-refractivity contribution in [1.82, 2.24) is 0 Å². The topological polar surface area (TPSA) is 46.5 Å². The first-order valence-corrected chi connectivity index (χ1v) is 5.31. The van der Waals surface area contributed by atoms with Crippen molar-refractivity contribution in [3.63, 3.8) is 0 Å². The number of alkyl halides is 2. The lowest BCUT2D eigenvalue weighted by Gasteiger charge is -2.10. The van der Waals surface area contributed by atoms with E-state index < -0.39 is 12.6 Å². The first-order valence-electron chi connectivity index (χ1n) is 5.31. The quantitative estimate of drug-likeness (QED) is 0.836. The molecule has 0 aliphatic heterocycles. The molecule has 0 aromatic heterocycles. The Morgan fingerprint density at radius 1 is 1.41 bits per heavy atom. The highest BCUT2D eigenvalue weighted by Gasteiger charge is 2.08. The summed E-state index contributed by atoms with van der Waals surface area (Å²) in [5.74, 6) is -0.768. The lowest BCUT2D eigenvalue weighted by atomic mass is 10.0. The second-order valence-corrected chi connectivity index (χ2v) is 3.56. The molecule has 0 saturated carbocycles. The van der Waals surface area contributed by atoms with Crippen LogP contribution in [0.25, 0.3) is 0 Å². The number of carboxylic acids is 1. The Hall–Kier alpha value is -1.65. The van der Waals surface area contributed by atoms with E-state index >= 15 is 0 Å². The fourth-order valence-electron chi connectivity index (χ4n) is 1.59. The number of aryl methyl sites for hydroxylation is 2. The molecular formula is C12H14F2O3. The minimum Gasteiger partial charge on any atom is -0.481 e. The van der Waals surface area contributed by atoms with Crippen molar-refractivity contribution in [2.24, 2.45) is 0 Å². The number of benzene rings is 1. The van der Waals surface area contributed by atoms with E-state index in [1.54, 1.807) is 6.07 Å². The van der Waals surface area contributed by atoms with Crippen LogP contribution in [0.15, 0.2) is 18.2 Å². The maximum Gasteiger partial charge on any atom is 0.387 e. The Labute approximate surface area is 98.0 Å². The smallest absolute Gasteiger partial charge is 0.387 e. The van der Waals surface area contributed by atoms with Crippen LogP contribution in [-0.2, 0) is 17.6 Å². The summed E-state index contributed by atoms with van der Waals surface area (Å²) in [7, 11) is 0. The average molecular weight is 244 g/mol. The molecule has 1 aromatic carbocycles. The van der Waals surface area contributed by atoms with Gasteiger partial charge in [0.2, 0.25) is 0 Å². The molecule has 1 rings (SSSR count). The number of hydrogen-bond donors (Lipinski definition) is 1. The van der Waals surface area contributed by atoms with Crippen molar-refractivity contribution in [3.05, 3.63) is 29.3 Å². The molecule has 0 atom stereocenters. The summed E-state index contributed by atoms with van der Waals surface area (Å²) in [6.07, 6.45) is 1.07. The van der Waals surface area contributed by atoms with Gasteiger partial charge in [-0.2, -0.15) is 8.78 Å². The van der Waals surface area contributed by atoms with Crippen molar-refractivity contribution >= 4 is 5.97 Å². The van der Waals surface area contributed by atoms with Crippen molar-refractivity contribution in [1.29, 1.82) is 0 Å². The third-order valence-corrected chi connectivity index (χ3v) is 2.39. The van der Waals surface area contributed by atoms with Gasteiger partial charge in [-0.25, -0.2) is 0 Å². The molecule has 17 heavy (non-hydrogen) atoms. The summed E-state index contributed by atoms with van der Waals surface area (Å²) >= 11 is 0. The third kappa shape index (κ3) is 4.38. The molecule has 0 unspecified atom stereocenters. The zero-order valence-electron chi connectivity index (χ0n) is 9.45. The molecule has 0 bridgehead atoms. The molecule has 94 valence electrons. The molecule has 0 aliphatic rings. The fourth-order valence-corrected chi connectivity index (χ4v) is 1.59. The second-order valence-electron chi connectivity index (χ2n) is 3.56. The Bertz CT molecular complexity index is 391. The largest absolute Gasteiger partial charge is 0.481 e. The SMILES string of the molecule is CCc1cc(OC(F)F)ccc1CCC(=O)O. The summed E-state index contributed by atoms with van der Waals surface area (Å²) in [6, 6.07) is 4.60. The number of carboxylic acid groups (broad SMARTS) is 1. The Balaban J connectivity index is 2.81. The van der Waals surface area contributed by atoms with Gasteiger partial charge in [-0.3, -0.25) is 4.79 Å². The normalized spacial score (nSPS) is 10.6. The molecule has 0 saturated heterocycles. The number of ether oxygens (including phenoxy) is 1. The van der Waals surface area contributed by atoms with Gasteiger partial charge in [-0.05, 0) is 36.1 Å². The van der Waals surface area contributed by atoms with Crippen LogP contribution >= 0.6 is 0 Å². The number of halogens is 2. The van der Waals surface area contributed by atoms with Gasteiger partial charge in [0.25, 0.3) is 0 Å². The molecule has 0 aliphatic carbocycles. The van der Waals surface area contributed by atoms with Crippen molar-refractivity contribution in [2.45, 2.75) is 32.8 Å². The monoisotopic (exact) mass is 244 g/mol. The van der Waals surface area contributed by atoms with Crippen LogP contribution in [0.4, 0.5) is 8.78 Å². The highest BCUT2D eigenvalue weighted by molar-refractivity contribution is 5.67. The van der Waals surface area contributed by atoms with Gasteiger partial charge >= 0.3 is 12.6 Å². The van der Waals surface area contributed by atoms with E-state index in [2.05, 4.69) is 4.74 Å². The first kappa shape index (κ1) is 13.4. The number of aliphatic carboxylic acids is 1. The Kier molecular flexibility index (Phi) is 4.87. The highest BCUT2D eigenvalue weighted by Crippen LogP contribution is 2.21. The summed E-state index contributed by atoms with van der Waals surface area (Å²) in [6.45, 7) is -0.962. The molecular weight excluding hydrogens is 230 g/mol. The summed E-state index contributed by atoms with van der Waals surface area (Å²) in [4.78, 5) is 10.5. The van der Waals surface area contributed by atoms with Crippen LogP contribution in [0.5, 0.6) is 5.75 Å². The number of rotatable bonds is 6. The predicted octanol–water partition coefficient (Wildman–Crippen LogP) is 2.87. The summed E-state index contributed by atoms with van der Waals surface area (Å²) in [5, 5.41) is 8.59. The number of carbonyl (C=O) groups is 1. The molecule has 0 radical (unpaired) electrons. The molecule has 0 fully saturated rings. The predicted molar refractivity (Wildman–Crippen MR) is 58.4 cm³/mol. The lowest BCUT2D eigenvalue weighted by molar-refractivity contribution is -0.136. The van der Waals surface area contributed by atoms with E-state index in [4.69, 9.17) is 5.11 Å².